The van der Waals surface area contributed by atoms with E-state index in [0.717, 1.165) is 29.8 Å². The summed E-state index contributed by atoms with van der Waals surface area (Å²) in [6, 6.07) is 8.73. The smallest absolute Gasteiger partial charge is 0.272 e. The van der Waals surface area contributed by atoms with Crippen LogP contribution in [0, 0.1) is 13.8 Å². The zero-order valence-electron chi connectivity index (χ0n) is 15.7. The molecule has 6 heteroatoms. The molecule has 0 spiro atoms. The van der Waals surface area contributed by atoms with Crippen molar-refractivity contribution in [1.29, 1.82) is 0 Å². The van der Waals surface area contributed by atoms with Gasteiger partial charge >= 0.3 is 0 Å². The van der Waals surface area contributed by atoms with Gasteiger partial charge in [-0.25, -0.2) is 9.97 Å². The van der Waals surface area contributed by atoms with Gasteiger partial charge in [-0.3, -0.25) is 4.79 Å². The lowest BCUT2D eigenvalue weighted by molar-refractivity contribution is -0.0179. The van der Waals surface area contributed by atoms with Gasteiger partial charge in [0.2, 0.25) is 0 Å². The van der Waals surface area contributed by atoms with Crippen LogP contribution in [0.4, 0.5) is 0 Å². The molecule has 1 aliphatic heterocycles. The first-order valence-electron chi connectivity index (χ1n) is 8.83. The molecule has 0 unspecified atom stereocenters. The Kier molecular flexibility index (Phi) is 4.96. The topological polar surface area (TPSA) is 75.6 Å². The molecule has 1 aliphatic rings. The van der Waals surface area contributed by atoms with Crippen LogP contribution in [0.5, 0.6) is 5.75 Å². The Morgan fingerprint density at radius 1 is 1.27 bits per heavy atom. The highest BCUT2D eigenvalue weighted by atomic mass is 16.5. The van der Waals surface area contributed by atoms with Crippen LogP contribution in [0.1, 0.15) is 47.3 Å². The number of carbonyl (C=O) groups excluding carboxylic acids is 1. The predicted molar refractivity (Wildman–Crippen MR) is 98.1 cm³/mol. The van der Waals surface area contributed by atoms with Gasteiger partial charge in [0.15, 0.2) is 0 Å². The summed E-state index contributed by atoms with van der Waals surface area (Å²) >= 11 is 0. The number of hydrogen-bond acceptors (Lipinski definition) is 5. The average Bonchev–Trinajstić information content (AvgIpc) is 3.11. The van der Waals surface area contributed by atoms with Gasteiger partial charge in [0, 0.05) is 12.2 Å². The highest BCUT2D eigenvalue weighted by Gasteiger charge is 2.43. The maximum Gasteiger partial charge on any atom is 0.272 e. The summed E-state index contributed by atoms with van der Waals surface area (Å²) in [5.41, 5.74) is 0.749. The lowest BCUT2D eigenvalue weighted by Crippen LogP contribution is -2.48. The number of methoxy groups -OCH3 is 1. The standard InChI is InChI=1S/C20H25N3O3/c1-13-12-17(22-14(2)21-13)19(24)23-11-5-6-18(23)20(3,25)15-7-9-16(26-4)10-8-15/h7-10,12,18,25H,5-6,11H2,1-4H3/t18-,20-/m0/s1. The van der Waals surface area contributed by atoms with Crippen molar-refractivity contribution in [2.75, 3.05) is 13.7 Å². The van der Waals surface area contributed by atoms with E-state index in [-0.39, 0.29) is 11.9 Å². The van der Waals surface area contributed by atoms with E-state index in [1.807, 2.05) is 31.2 Å². The maximum absolute atomic E-state index is 13.0. The van der Waals surface area contributed by atoms with Crippen molar-refractivity contribution >= 4 is 5.91 Å². The number of aryl methyl sites for hydroxylation is 2. The summed E-state index contributed by atoms with van der Waals surface area (Å²) in [7, 11) is 1.61. The first-order chi connectivity index (χ1) is 12.3. The summed E-state index contributed by atoms with van der Waals surface area (Å²) in [6.45, 7) is 6.00. The molecular formula is C20H25N3O3. The number of amides is 1. The van der Waals surface area contributed by atoms with E-state index >= 15 is 0 Å². The number of likely N-dealkylation sites (tertiary alicyclic amines) is 1. The van der Waals surface area contributed by atoms with Crippen molar-refractivity contribution in [3.05, 3.63) is 53.1 Å². The van der Waals surface area contributed by atoms with Gasteiger partial charge in [0.05, 0.1) is 13.2 Å². The Morgan fingerprint density at radius 2 is 1.96 bits per heavy atom. The van der Waals surface area contributed by atoms with Crippen molar-refractivity contribution in [2.45, 2.75) is 45.3 Å². The second-order valence-electron chi connectivity index (χ2n) is 6.97. The second kappa shape index (κ2) is 7.03. The molecule has 0 saturated carbocycles. The molecule has 1 fully saturated rings. The van der Waals surface area contributed by atoms with E-state index in [1.54, 1.807) is 31.9 Å². The van der Waals surface area contributed by atoms with E-state index in [0.29, 0.717) is 18.1 Å². The molecule has 0 aliphatic carbocycles. The Morgan fingerprint density at radius 3 is 2.58 bits per heavy atom. The first kappa shape index (κ1) is 18.3. The van der Waals surface area contributed by atoms with Crippen LogP contribution in [0.15, 0.2) is 30.3 Å². The van der Waals surface area contributed by atoms with Crippen LogP contribution >= 0.6 is 0 Å². The van der Waals surface area contributed by atoms with Crippen LogP contribution in [-0.2, 0) is 5.60 Å². The third kappa shape index (κ3) is 3.42. The molecule has 1 N–H and O–H groups in total. The van der Waals surface area contributed by atoms with E-state index in [1.165, 1.54) is 0 Å². The van der Waals surface area contributed by atoms with Crippen LogP contribution < -0.4 is 4.74 Å². The lowest BCUT2D eigenvalue weighted by atomic mass is 9.86. The minimum absolute atomic E-state index is 0.158. The van der Waals surface area contributed by atoms with Crippen LogP contribution in [-0.4, -0.2) is 45.6 Å². The number of ether oxygens (including phenoxy) is 1. The summed E-state index contributed by atoms with van der Waals surface area (Å²) < 4.78 is 5.19. The molecule has 1 aromatic carbocycles. The molecule has 6 nitrogen and oxygen atoms in total. The molecule has 0 bridgehead atoms. The summed E-state index contributed by atoms with van der Waals surface area (Å²) in [6.07, 6.45) is 1.60. The van der Waals surface area contributed by atoms with Gasteiger partial charge in [-0.2, -0.15) is 0 Å². The van der Waals surface area contributed by atoms with Crippen molar-refractivity contribution in [3.63, 3.8) is 0 Å². The molecular weight excluding hydrogens is 330 g/mol. The second-order valence-corrected chi connectivity index (χ2v) is 6.97. The quantitative estimate of drug-likeness (QED) is 0.912. The number of benzene rings is 1. The van der Waals surface area contributed by atoms with Crippen LogP contribution in [0.25, 0.3) is 0 Å². The number of rotatable bonds is 4. The third-order valence-corrected chi connectivity index (χ3v) is 5.02. The number of nitrogens with zero attached hydrogens (tertiary/aromatic N) is 3. The largest absolute Gasteiger partial charge is 0.497 e. The Hall–Kier alpha value is -2.47. The summed E-state index contributed by atoms with van der Waals surface area (Å²) in [5, 5.41) is 11.3. The summed E-state index contributed by atoms with van der Waals surface area (Å²) in [4.78, 5) is 23.3. The van der Waals surface area contributed by atoms with Crippen LogP contribution in [0.2, 0.25) is 0 Å². The Labute approximate surface area is 153 Å². The maximum atomic E-state index is 13.0. The molecule has 1 aromatic heterocycles. The monoisotopic (exact) mass is 355 g/mol. The molecule has 2 aromatic rings. The van der Waals surface area contributed by atoms with Crippen molar-refractivity contribution < 1.29 is 14.6 Å². The fourth-order valence-electron chi connectivity index (χ4n) is 3.69. The number of hydrogen-bond donors (Lipinski definition) is 1. The van der Waals surface area contributed by atoms with Crippen LogP contribution in [0.3, 0.4) is 0 Å². The number of aliphatic hydroxyl groups is 1. The van der Waals surface area contributed by atoms with Gasteiger partial charge in [-0.05, 0) is 57.4 Å². The van der Waals surface area contributed by atoms with Gasteiger partial charge in [-0.15, -0.1) is 0 Å². The Balaban J connectivity index is 1.89. The highest BCUT2D eigenvalue weighted by Crippen LogP contribution is 2.36. The van der Waals surface area contributed by atoms with E-state index in [4.69, 9.17) is 4.74 Å². The van der Waals surface area contributed by atoms with E-state index in [2.05, 4.69) is 9.97 Å². The lowest BCUT2D eigenvalue weighted by Gasteiger charge is -2.37. The number of aromatic nitrogens is 2. The van der Waals surface area contributed by atoms with Crippen molar-refractivity contribution in [2.24, 2.45) is 0 Å². The first-order valence-corrected chi connectivity index (χ1v) is 8.83. The normalized spacial score (nSPS) is 19.3. The molecule has 26 heavy (non-hydrogen) atoms. The zero-order valence-corrected chi connectivity index (χ0v) is 15.7. The minimum atomic E-state index is -1.16. The molecule has 1 amide bonds. The molecule has 3 rings (SSSR count). The SMILES string of the molecule is COc1ccc([C@](C)(O)[C@@H]2CCCN2C(=O)c2cc(C)nc(C)n2)cc1. The van der Waals surface area contributed by atoms with Gasteiger partial charge in [0.1, 0.15) is 22.9 Å². The molecule has 2 atom stereocenters. The highest BCUT2D eigenvalue weighted by molar-refractivity contribution is 5.93. The van der Waals surface area contributed by atoms with Gasteiger partial charge in [-0.1, -0.05) is 12.1 Å². The third-order valence-electron chi connectivity index (χ3n) is 5.02. The van der Waals surface area contributed by atoms with E-state index in [9.17, 15) is 9.90 Å². The van der Waals surface area contributed by atoms with Gasteiger partial charge in [0.25, 0.3) is 5.91 Å². The summed E-state index contributed by atoms with van der Waals surface area (Å²) in [5.74, 6) is 1.15. The zero-order chi connectivity index (χ0) is 18.9. The molecule has 1 saturated heterocycles. The molecule has 138 valence electrons. The minimum Gasteiger partial charge on any atom is -0.497 e. The fourth-order valence-corrected chi connectivity index (χ4v) is 3.69. The van der Waals surface area contributed by atoms with Crippen molar-refractivity contribution in [3.8, 4) is 5.75 Å². The molecule has 2 heterocycles. The fraction of sp³-hybridized carbons (Fsp3) is 0.450. The molecule has 0 radical (unpaired) electrons. The average molecular weight is 355 g/mol. The number of carbonyl (C=O) groups is 1. The predicted octanol–water partition coefficient (Wildman–Crippen LogP) is 2.61. The van der Waals surface area contributed by atoms with E-state index < -0.39 is 5.60 Å². The Bertz CT molecular complexity index is 782. The van der Waals surface area contributed by atoms with Crippen molar-refractivity contribution in [1.82, 2.24) is 14.9 Å². The van der Waals surface area contributed by atoms with Gasteiger partial charge < -0.3 is 14.7 Å².